The quantitative estimate of drug-likeness (QED) is 0.530. The van der Waals surface area contributed by atoms with Crippen molar-refractivity contribution < 1.29 is 9.21 Å². The maximum absolute atomic E-state index is 13.0. The monoisotopic (exact) mass is 415 g/mol. The van der Waals surface area contributed by atoms with Crippen LogP contribution in [-0.2, 0) is 12.8 Å². The molecule has 0 fully saturated rings. The minimum Gasteiger partial charge on any atom is -0.463 e. The van der Waals surface area contributed by atoms with Gasteiger partial charge >= 0.3 is 0 Å². The predicted octanol–water partition coefficient (Wildman–Crippen LogP) is 3.57. The average molecular weight is 415 g/mol. The number of anilines is 1. The summed E-state index contributed by atoms with van der Waals surface area (Å²) in [5.41, 5.74) is 4.39. The highest BCUT2D eigenvalue weighted by Gasteiger charge is 2.21. The van der Waals surface area contributed by atoms with Gasteiger partial charge in [0.2, 0.25) is 5.95 Å². The molecule has 1 aliphatic carbocycles. The standard InChI is InChI=1S/C23H21N5O3/c1-13-9-14(2)11-15(10-13)21(29)25-20-12-18(19-7-4-8-31-19)27-28(20)23-24-17-6-3-5-16(17)22(30)26-23/h4,7-12H,3,5-6H2,1-2H3,(H,25,29)(H,24,26,30). The molecule has 0 radical (unpaired) electrons. The number of aromatic nitrogens is 4. The number of nitrogens with one attached hydrogen (secondary N) is 2. The summed E-state index contributed by atoms with van der Waals surface area (Å²) in [4.78, 5) is 32.9. The van der Waals surface area contributed by atoms with Gasteiger partial charge in [-0.05, 0) is 57.4 Å². The fourth-order valence-electron chi connectivity index (χ4n) is 4.00. The Kier molecular flexibility index (Phi) is 4.54. The fourth-order valence-corrected chi connectivity index (χ4v) is 4.00. The third-order valence-corrected chi connectivity index (χ3v) is 5.34. The van der Waals surface area contributed by atoms with E-state index in [0.717, 1.165) is 41.6 Å². The van der Waals surface area contributed by atoms with Gasteiger partial charge in [0.15, 0.2) is 5.76 Å². The maximum Gasteiger partial charge on any atom is 0.256 e. The number of hydrogen-bond acceptors (Lipinski definition) is 5. The Labute approximate surface area is 178 Å². The molecular formula is C23H21N5O3. The Morgan fingerprint density at radius 1 is 1.16 bits per heavy atom. The third-order valence-electron chi connectivity index (χ3n) is 5.34. The second-order valence-electron chi connectivity index (χ2n) is 7.80. The maximum atomic E-state index is 13.0. The molecule has 0 saturated heterocycles. The molecule has 1 amide bonds. The van der Waals surface area contributed by atoms with Crippen LogP contribution in [0, 0.1) is 13.8 Å². The Morgan fingerprint density at radius 2 is 1.97 bits per heavy atom. The number of carbonyl (C=O) groups excluding carboxylic acids is 1. The van der Waals surface area contributed by atoms with Crippen molar-refractivity contribution in [2.45, 2.75) is 33.1 Å². The van der Waals surface area contributed by atoms with E-state index in [2.05, 4.69) is 20.4 Å². The van der Waals surface area contributed by atoms with Gasteiger partial charge in [0.1, 0.15) is 11.5 Å². The molecule has 8 nitrogen and oxygen atoms in total. The lowest BCUT2D eigenvalue weighted by molar-refractivity contribution is 0.102. The zero-order valence-electron chi connectivity index (χ0n) is 17.2. The highest BCUT2D eigenvalue weighted by atomic mass is 16.3. The Balaban J connectivity index is 1.59. The predicted molar refractivity (Wildman–Crippen MR) is 116 cm³/mol. The summed E-state index contributed by atoms with van der Waals surface area (Å²) in [7, 11) is 0. The van der Waals surface area contributed by atoms with Crippen LogP contribution in [0.15, 0.2) is 51.9 Å². The van der Waals surface area contributed by atoms with Crippen molar-refractivity contribution in [1.29, 1.82) is 0 Å². The number of amides is 1. The number of hydrogen-bond donors (Lipinski definition) is 2. The number of carbonyl (C=O) groups is 1. The van der Waals surface area contributed by atoms with Gasteiger partial charge < -0.3 is 9.73 Å². The average Bonchev–Trinajstić information content (AvgIpc) is 3.47. The SMILES string of the molecule is Cc1cc(C)cc(C(=O)Nc2cc(-c3ccco3)nn2-c2nc3c(c(=O)[nH]2)CCC3)c1. The second kappa shape index (κ2) is 7.39. The highest BCUT2D eigenvalue weighted by molar-refractivity contribution is 6.04. The summed E-state index contributed by atoms with van der Waals surface area (Å²) in [5, 5.41) is 7.45. The molecule has 8 heteroatoms. The van der Waals surface area contributed by atoms with E-state index in [1.165, 1.54) is 4.68 Å². The molecule has 0 unspecified atom stereocenters. The highest BCUT2D eigenvalue weighted by Crippen LogP contribution is 2.25. The molecule has 156 valence electrons. The first-order valence-electron chi connectivity index (χ1n) is 10.1. The first-order valence-corrected chi connectivity index (χ1v) is 10.1. The van der Waals surface area contributed by atoms with Crippen LogP contribution in [0.2, 0.25) is 0 Å². The largest absolute Gasteiger partial charge is 0.463 e. The topological polar surface area (TPSA) is 106 Å². The lowest BCUT2D eigenvalue weighted by Gasteiger charge is -2.10. The van der Waals surface area contributed by atoms with Gasteiger partial charge in [-0.3, -0.25) is 14.6 Å². The molecule has 4 aromatic rings. The Hall–Kier alpha value is -3.94. The summed E-state index contributed by atoms with van der Waals surface area (Å²) in [6.07, 6.45) is 3.94. The van der Waals surface area contributed by atoms with E-state index in [1.54, 1.807) is 24.5 Å². The zero-order valence-corrected chi connectivity index (χ0v) is 17.2. The van der Waals surface area contributed by atoms with Crippen molar-refractivity contribution in [3.8, 4) is 17.4 Å². The molecule has 3 heterocycles. The van der Waals surface area contributed by atoms with E-state index in [-0.39, 0.29) is 17.4 Å². The van der Waals surface area contributed by atoms with Gasteiger partial charge in [-0.1, -0.05) is 17.2 Å². The van der Waals surface area contributed by atoms with Crippen molar-refractivity contribution in [2.75, 3.05) is 5.32 Å². The van der Waals surface area contributed by atoms with E-state index in [9.17, 15) is 9.59 Å². The molecule has 0 saturated carbocycles. The van der Waals surface area contributed by atoms with Crippen molar-refractivity contribution in [2.24, 2.45) is 0 Å². The van der Waals surface area contributed by atoms with Crippen LogP contribution < -0.4 is 10.9 Å². The van der Waals surface area contributed by atoms with Gasteiger partial charge in [0, 0.05) is 17.2 Å². The smallest absolute Gasteiger partial charge is 0.256 e. The summed E-state index contributed by atoms with van der Waals surface area (Å²) < 4.78 is 6.90. The molecule has 0 atom stereocenters. The zero-order chi connectivity index (χ0) is 21.5. The number of fused-ring (bicyclic) bond motifs is 1. The molecule has 1 aliphatic rings. The summed E-state index contributed by atoms with van der Waals surface area (Å²) in [6.45, 7) is 3.89. The molecule has 0 bridgehead atoms. The number of benzene rings is 1. The number of aryl methyl sites for hydroxylation is 3. The Bertz CT molecular complexity index is 1330. The van der Waals surface area contributed by atoms with Crippen LogP contribution in [0.4, 0.5) is 5.82 Å². The van der Waals surface area contributed by atoms with Crippen molar-refractivity contribution in [1.82, 2.24) is 19.7 Å². The summed E-state index contributed by atoms with van der Waals surface area (Å²) in [5.74, 6) is 0.919. The third kappa shape index (κ3) is 3.56. The summed E-state index contributed by atoms with van der Waals surface area (Å²) in [6, 6.07) is 10.9. The van der Waals surface area contributed by atoms with Crippen LogP contribution in [0.25, 0.3) is 17.4 Å². The molecular weight excluding hydrogens is 394 g/mol. The van der Waals surface area contributed by atoms with Crippen LogP contribution in [0.5, 0.6) is 0 Å². The normalized spacial score (nSPS) is 12.7. The number of aromatic amines is 1. The minimum absolute atomic E-state index is 0.167. The molecule has 0 spiro atoms. The van der Waals surface area contributed by atoms with Gasteiger partial charge in [-0.15, -0.1) is 0 Å². The first kappa shape index (κ1) is 19.0. The summed E-state index contributed by atoms with van der Waals surface area (Å²) >= 11 is 0. The van der Waals surface area contributed by atoms with Crippen molar-refractivity contribution >= 4 is 11.7 Å². The van der Waals surface area contributed by atoms with Crippen molar-refractivity contribution in [3.05, 3.63) is 81.0 Å². The molecule has 5 rings (SSSR count). The molecule has 3 aromatic heterocycles. The minimum atomic E-state index is -0.276. The van der Waals surface area contributed by atoms with Crippen LogP contribution >= 0.6 is 0 Å². The van der Waals surface area contributed by atoms with E-state index < -0.39 is 0 Å². The molecule has 31 heavy (non-hydrogen) atoms. The second-order valence-corrected chi connectivity index (χ2v) is 7.80. The van der Waals surface area contributed by atoms with Crippen LogP contribution in [0.3, 0.4) is 0 Å². The fraction of sp³-hybridized carbons (Fsp3) is 0.217. The van der Waals surface area contributed by atoms with Gasteiger partial charge in [-0.2, -0.15) is 9.78 Å². The first-order chi connectivity index (χ1) is 15.0. The number of rotatable bonds is 4. The van der Waals surface area contributed by atoms with Gasteiger partial charge in [0.25, 0.3) is 11.5 Å². The van der Waals surface area contributed by atoms with E-state index >= 15 is 0 Å². The molecule has 2 N–H and O–H groups in total. The van der Waals surface area contributed by atoms with Crippen LogP contribution in [-0.4, -0.2) is 25.7 Å². The molecule has 0 aliphatic heterocycles. The van der Waals surface area contributed by atoms with E-state index in [4.69, 9.17) is 4.42 Å². The van der Waals surface area contributed by atoms with Gasteiger partial charge in [-0.25, -0.2) is 4.98 Å². The van der Waals surface area contributed by atoms with E-state index in [0.29, 0.717) is 22.8 Å². The number of furan rings is 1. The molecule has 1 aromatic carbocycles. The number of nitrogens with zero attached hydrogens (tertiary/aromatic N) is 3. The lowest BCUT2D eigenvalue weighted by Crippen LogP contribution is -2.21. The van der Waals surface area contributed by atoms with Crippen LogP contribution in [0.1, 0.15) is 39.2 Å². The number of H-pyrrole nitrogens is 1. The van der Waals surface area contributed by atoms with Gasteiger partial charge in [0.05, 0.1) is 12.0 Å². The Morgan fingerprint density at radius 3 is 2.71 bits per heavy atom. The van der Waals surface area contributed by atoms with Crippen molar-refractivity contribution in [3.63, 3.8) is 0 Å². The lowest BCUT2D eigenvalue weighted by atomic mass is 10.1. The van der Waals surface area contributed by atoms with E-state index in [1.807, 2.05) is 32.0 Å².